The number of nitrogens with two attached hydrogens (primary N) is 1. The van der Waals surface area contributed by atoms with Gasteiger partial charge in [-0.05, 0) is 12.1 Å². The van der Waals surface area contributed by atoms with E-state index in [0.29, 0.717) is 18.2 Å². The van der Waals surface area contributed by atoms with Gasteiger partial charge in [0.15, 0.2) is 11.6 Å². The van der Waals surface area contributed by atoms with E-state index in [0.717, 1.165) is 12.1 Å². The highest BCUT2D eigenvalue weighted by molar-refractivity contribution is 5.24. The number of aromatic nitrogens is 2. The molecule has 0 radical (unpaired) electrons. The second-order valence-electron chi connectivity index (χ2n) is 3.47. The molecule has 0 saturated carbocycles. The number of nitrogens with zero attached hydrogens (tertiary/aromatic N) is 2. The van der Waals surface area contributed by atoms with Crippen molar-refractivity contribution in [1.29, 1.82) is 0 Å². The Hall–Kier alpha value is -2.02. The van der Waals surface area contributed by atoms with Crippen LogP contribution in [0.3, 0.4) is 0 Å². The Balaban J connectivity index is 1.88. The van der Waals surface area contributed by atoms with E-state index in [2.05, 4.69) is 10.2 Å². The monoisotopic (exact) mass is 255 g/mol. The number of halogens is 2. The zero-order chi connectivity index (χ0) is 13.0. The zero-order valence-corrected chi connectivity index (χ0v) is 9.40. The number of ether oxygens (including phenoxy) is 1. The van der Waals surface area contributed by atoms with Crippen molar-refractivity contribution in [3.63, 3.8) is 0 Å². The Morgan fingerprint density at radius 2 is 2.00 bits per heavy atom. The molecule has 0 aliphatic carbocycles. The molecule has 1 aromatic carbocycles. The summed E-state index contributed by atoms with van der Waals surface area (Å²) in [4.78, 5) is 0. The quantitative estimate of drug-likeness (QED) is 0.874. The van der Waals surface area contributed by atoms with Crippen LogP contribution in [0.25, 0.3) is 0 Å². The standard InChI is InChI=1S/C11H11F2N3O2/c12-7-1-2-9(8(13)5-7)17-4-3-10-15-16-11(6-14)18-10/h1-2,5H,3-4,6,14H2. The van der Waals surface area contributed by atoms with Crippen molar-refractivity contribution in [2.75, 3.05) is 6.61 Å². The lowest BCUT2D eigenvalue weighted by molar-refractivity contribution is 0.289. The number of hydrogen-bond acceptors (Lipinski definition) is 5. The van der Waals surface area contributed by atoms with E-state index in [1.165, 1.54) is 6.07 Å². The molecule has 0 aliphatic heterocycles. The van der Waals surface area contributed by atoms with Gasteiger partial charge in [0.25, 0.3) is 0 Å². The Morgan fingerprint density at radius 1 is 1.22 bits per heavy atom. The maximum absolute atomic E-state index is 13.2. The molecule has 0 aliphatic rings. The van der Waals surface area contributed by atoms with Crippen molar-refractivity contribution in [1.82, 2.24) is 10.2 Å². The topological polar surface area (TPSA) is 74.2 Å². The van der Waals surface area contributed by atoms with E-state index >= 15 is 0 Å². The van der Waals surface area contributed by atoms with Crippen LogP contribution >= 0.6 is 0 Å². The molecule has 0 saturated heterocycles. The summed E-state index contributed by atoms with van der Waals surface area (Å²) >= 11 is 0. The first kappa shape index (κ1) is 12.4. The molecule has 2 N–H and O–H groups in total. The van der Waals surface area contributed by atoms with Crippen LogP contribution in [0.15, 0.2) is 22.6 Å². The third-order valence-corrected chi connectivity index (χ3v) is 2.15. The van der Waals surface area contributed by atoms with Crippen molar-refractivity contribution < 1.29 is 17.9 Å². The summed E-state index contributed by atoms with van der Waals surface area (Å²) in [7, 11) is 0. The summed E-state index contributed by atoms with van der Waals surface area (Å²) in [6, 6.07) is 3.11. The third-order valence-electron chi connectivity index (χ3n) is 2.15. The van der Waals surface area contributed by atoms with Gasteiger partial charge in [0.2, 0.25) is 11.8 Å². The van der Waals surface area contributed by atoms with Gasteiger partial charge in [-0.2, -0.15) is 0 Å². The second kappa shape index (κ2) is 5.54. The molecule has 0 atom stereocenters. The molecular weight excluding hydrogens is 244 g/mol. The van der Waals surface area contributed by atoms with Gasteiger partial charge in [0.1, 0.15) is 5.82 Å². The molecule has 0 amide bonds. The fourth-order valence-corrected chi connectivity index (χ4v) is 1.31. The molecule has 7 heteroatoms. The number of hydrogen-bond donors (Lipinski definition) is 1. The maximum atomic E-state index is 13.2. The Kier molecular flexibility index (Phi) is 3.83. The molecule has 1 aromatic heterocycles. The van der Waals surface area contributed by atoms with E-state index in [1.54, 1.807) is 0 Å². The van der Waals surface area contributed by atoms with E-state index in [4.69, 9.17) is 14.9 Å². The normalized spacial score (nSPS) is 10.6. The molecule has 96 valence electrons. The SMILES string of the molecule is NCc1nnc(CCOc2ccc(F)cc2F)o1. The van der Waals surface area contributed by atoms with Crippen molar-refractivity contribution >= 4 is 0 Å². The van der Waals surface area contributed by atoms with Crippen LogP contribution in [-0.2, 0) is 13.0 Å². The van der Waals surface area contributed by atoms with Crippen molar-refractivity contribution in [3.05, 3.63) is 41.6 Å². The van der Waals surface area contributed by atoms with Crippen LogP contribution in [0.5, 0.6) is 5.75 Å². The summed E-state index contributed by atoms with van der Waals surface area (Å²) < 4.78 is 36.1. The Bertz CT molecular complexity index is 531. The number of rotatable bonds is 5. The molecule has 0 unspecified atom stereocenters. The molecule has 0 spiro atoms. The highest BCUT2D eigenvalue weighted by Gasteiger charge is 2.07. The predicted molar refractivity (Wildman–Crippen MR) is 57.7 cm³/mol. The lowest BCUT2D eigenvalue weighted by Crippen LogP contribution is -2.03. The van der Waals surface area contributed by atoms with Crippen LogP contribution in [0.4, 0.5) is 8.78 Å². The maximum Gasteiger partial charge on any atom is 0.230 e. The fraction of sp³-hybridized carbons (Fsp3) is 0.273. The third kappa shape index (κ3) is 3.01. The highest BCUT2D eigenvalue weighted by Crippen LogP contribution is 2.17. The van der Waals surface area contributed by atoms with Gasteiger partial charge in [-0.25, -0.2) is 8.78 Å². The van der Waals surface area contributed by atoms with Crippen molar-refractivity contribution in [3.8, 4) is 5.75 Å². The van der Waals surface area contributed by atoms with Gasteiger partial charge in [-0.15, -0.1) is 10.2 Å². The van der Waals surface area contributed by atoms with Crippen LogP contribution in [0, 0.1) is 11.6 Å². The van der Waals surface area contributed by atoms with Gasteiger partial charge in [0.05, 0.1) is 19.6 Å². The summed E-state index contributed by atoms with van der Waals surface area (Å²) in [5, 5.41) is 7.39. The van der Waals surface area contributed by atoms with Gasteiger partial charge in [-0.1, -0.05) is 0 Å². The molecule has 18 heavy (non-hydrogen) atoms. The molecule has 5 nitrogen and oxygen atoms in total. The zero-order valence-electron chi connectivity index (χ0n) is 9.40. The fourth-order valence-electron chi connectivity index (χ4n) is 1.31. The first-order valence-corrected chi connectivity index (χ1v) is 5.28. The van der Waals surface area contributed by atoms with E-state index in [9.17, 15) is 8.78 Å². The average molecular weight is 255 g/mol. The molecule has 0 fully saturated rings. The summed E-state index contributed by atoms with van der Waals surface area (Å²) in [6.07, 6.45) is 0.323. The smallest absolute Gasteiger partial charge is 0.230 e. The largest absolute Gasteiger partial charge is 0.490 e. The van der Waals surface area contributed by atoms with E-state index in [-0.39, 0.29) is 18.9 Å². The average Bonchev–Trinajstić information content (AvgIpc) is 2.80. The van der Waals surface area contributed by atoms with Crippen LogP contribution in [-0.4, -0.2) is 16.8 Å². The van der Waals surface area contributed by atoms with Crippen molar-refractivity contribution in [2.45, 2.75) is 13.0 Å². The van der Waals surface area contributed by atoms with Gasteiger partial charge in [-0.3, -0.25) is 0 Å². The first-order chi connectivity index (χ1) is 8.69. The lowest BCUT2D eigenvalue weighted by Gasteiger charge is -2.05. The Labute approximate surface area is 102 Å². The minimum absolute atomic E-state index is 0.0186. The molecule has 1 heterocycles. The molecule has 2 rings (SSSR count). The van der Waals surface area contributed by atoms with E-state index in [1.807, 2.05) is 0 Å². The summed E-state index contributed by atoms with van der Waals surface area (Å²) in [6.45, 7) is 0.315. The minimum Gasteiger partial charge on any atom is -0.490 e. The van der Waals surface area contributed by atoms with Crippen LogP contribution in [0.2, 0.25) is 0 Å². The molecule has 0 bridgehead atoms. The van der Waals surface area contributed by atoms with Gasteiger partial charge in [0, 0.05) is 6.07 Å². The predicted octanol–water partition coefficient (Wildman–Crippen LogP) is 1.43. The van der Waals surface area contributed by atoms with Gasteiger partial charge >= 0.3 is 0 Å². The summed E-state index contributed by atoms with van der Waals surface area (Å²) in [5.74, 6) is -0.724. The second-order valence-corrected chi connectivity index (χ2v) is 3.47. The first-order valence-electron chi connectivity index (χ1n) is 5.28. The molecule has 2 aromatic rings. The van der Waals surface area contributed by atoms with Gasteiger partial charge < -0.3 is 14.9 Å². The van der Waals surface area contributed by atoms with Crippen LogP contribution < -0.4 is 10.5 Å². The van der Waals surface area contributed by atoms with E-state index < -0.39 is 11.6 Å². The summed E-state index contributed by atoms with van der Waals surface area (Å²) in [5.41, 5.74) is 5.30. The number of benzene rings is 1. The lowest BCUT2D eigenvalue weighted by atomic mass is 10.3. The highest BCUT2D eigenvalue weighted by atomic mass is 19.1. The van der Waals surface area contributed by atoms with Crippen molar-refractivity contribution in [2.24, 2.45) is 5.73 Å². The van der Waals surface area contributed by atoms with Crippen LogP contribution in [0.1, 0.15) is 11.8 Å². The Morgan fingerprint density at radius 3 is 2.67 bits per heavy atom. The minimum atomic E-state index is -0.747. The molecular formula is C11H11F2N3O2.